The lowest BCUT2D eigenvalue weighted by atomic mass is 9.88. The molecule has 2 N–H and O–H groups in total. The van der Waals surface area contributed by atoms with E-state index in [1.165, 1.54) is 25.7 Å². The fraction of sp³-hybridized carbons (Fsp3) is 0.647. The molecule has 0 saturated heterocycles. The summed E-state index contributed by atoms with van der Waals surface area (Å²) in [6.45, 7) is 1.08. The summed E-state index contributed by atoms with van der Waals surface area (Å²) in [5.41, 5.74) is 7.98. The molecule has 21 heavy (non-hydrogen) atoms. The molecule has 0 aliphatic heterocycles. The Labute approximate surface area is 127 Å². The second kappa shape index (κ2) is 5.66. The van der Waals surface area contributed by atoms with Gasteiger partial charge in [0.1, 0.15) is 0 Å². The molecule has 0 aromatic heterocycles. The topological polar surface area (TPSA) is 47.7 Å². The Morgan fingerprint density at radius 3 is 2.43 bits per heavy atom. The van der Waals surface area contributed by atoms with Crippen LogP contribution >= 0.6 is 0 Å². The molecule has 0 spiro atoms. The van der Waals surface area contributed by atoms with Crippen LogP contribution in [0.4, 0.5) is 11.4 Å². The number of benzene rings is 1. The van der Waals surface area contributed by atoms with Crippen LogP contribution in [0, 0.1) is 17.8 Å². The van der Waals surface area contributed by atoms with Gasteiger partial charge in [-0.05, 0) is 37.0 Å². The maximum absolute atomic E-state index is 6.19. The Bertz CT molecular complexity index is 518. The first-order valence-corrected chi connectivity index (χ1v) is 7.85. The van der Waals surface area contributed by atoms with E-state index in [1.807, 2.05) is 12.1 Å². The molecule has 3 unspecified atom stereocenters. The summed E-state index contributed by atoms with van der Waals surface area (Å²) in [7, 11) is 5.42. The van der Waals surface area contributed by atoms with Gasteiger partial charge in [0.15, 0.2) is 11.5 Å². The highest BCUT2D eigenvalue weighted by Gasteiger charge is 2.39. The number of rotatable bonds is 5. The zero-order valence-electron chi connectivity index (χ0n) is 13.3. The molecule has 2 aliphatic rings. The van der Waals surface area contributed by atoms with E-state index in [-0.39, 0.29) is 0 Å². The number of anilines is 2. The average Bonchev–Trinajstić information content (AvgIpc) is 3.09. The van der Waals surface area contributed by atoms with Gasteiger partial charge in [-0.3, -0.25) is 0 Å². The number of hydrogen-bond acceptors (Lipinski definition) is 4. The first-order chi connectivity index (χ1) is 10.1. The molecule has 2 bridgehead atoms. The number of ether oxygens (including phenoxy) is 2. The molecule has 4 heteroatoms. The van der Waals surface area contributed by atoms with E-state index >= 15 is 0 Å². The van der Waals surface area contributed by atoms with Gasteiger partial charge in [-0.15, -0.1) is 0 Å². The van der Waals surface area contributed by atoms with Gasteiger partial charge in [-0.1, -0.05) is 6.42 Å². The highest BCUT2D eigenvalue weighted by Crippen LogP contribution is 2.49. The van der Waals surface area contributed by atoms with E-state index in [4.69, 9.17) is 15.2 Å². The molecule has 0 amide bonds. The highest BCUT2D eigenvalue weighted by molar-refractivity contribution is 5.73. The summed E-state index contributed by atoms with van der Waals surface area (Å²) >= 11 is 0. The van der Waals surface area contributed by atoms with Crippen molar-refractivity contribution in [2.24, 2.45) is 17.8 Å². The van der Waals surface area contributed by atoms with Crippen LogP contribution in [0.5, 0.6) is 11.5 Å². The van der Waals surface area contributed by atoms with Crippen molar-refractivity contribution in [2.45, 2.75) is 25.7 Å². The van der Waals surface area contributed by atoms with Crippen LogP contribution in [-0.2, 0) is 0 Å². The largest absolute Gasteiger partial charge is 0.493 e. The Morgan fingerprint density at radius 2 is 1.86 bits per heavy atom. The number of nitrogens with two attached hydrogens (primary N) is 1. The van der Waals surface area contributed by atoms with Gasteiger partial charge < -0.3 is 20.1 Å². The Balaban J connectivity index is 1.76. The lowest BCUT2D eigenvalue weighted by Gasteiger charge is -2.29. The van der Waals surface area contributed by atoms with Crippen LogP contribution in [-0.4, -0.2) is 27.8 Å². The molecule has 0 heterocycles. The number of methoxy groups -OCH3 is 2. The molecule has 116 valence electrons. The summed E-state index contributed by atoms with van der Waals surface area (Å²) in [6, 6.07) is 3.84. The van der Waals surface area contributed by atoms with E-state index in [9.17, 15) is 0 Å². The van der Waals surface area contributed by atoms with E-state index in [0.717, 1.165) is 41.4 Å². The van der Waals surface area contributed by atoms with Gasteiger partial charge in [0.25, 0.3) is 0 Å². The van der Waals surface area contributed by atoms with Gasteiger partial charge >= 0.3 is 0 Å². The molecule has 2 saturated carbocycles. The number of nitrogens with zero attached hydrogens (tertiary/aromatic N) is 1. The summed E-state index contributed by atoms with van der Waals surface area (Å²) in [5, 5.41) is 0. The van der Waals surface area contributed by atoms with E-state index in [0.29, 0.717) is 5.75 Å². The maximum atomic E-state index is 6.19. The molecule has 3 atom stereocenters. The van der Waals surface area contributed by atoms with Crippen LogP contribution < -0.4 is 20.1 Å². The van der Waals surface area contributed by atoms with Gasteiger partial charge in [-0.2, -0.15) is 0 Å². The normalized spacial score (nSPS) is 26.9. The molecular formula is C17H26N2O2. The molecule has 1 aromatic rings. The molecule has 4 nitrogen and oxygen atoms in total. The van der Waals surface area contributed by atoms with Crippen molar-refractivity contribution in [3.63, 3.8) is 0 Å². The zero-order chi connectivity index (χ0) is 15.0. The summed E-state index contributed by atoms with van der Waals surface area (Å²) in [4.78, 5) is 2.28. The number of fused-ring (bicyclic) bond motifs is 2. The van der Waals surface area contributed by atoms with Crippen LogP contribution in [0.1, 0.15) is 25.7 Å². The van der Waals surface area contributed by atoms with Crippen molar-refractivity contribution < 1.29 is 9.47 Å². The van der Waals surface area contributed by atoms with Crippen molar-refractivity contribution in [1.82, 2.24) is 0 Å². The summed E-state index contributed by atoms with van der Waals surface area (Å²) in [6.07, 6.45) is 5.70. The first kappa shape index (κ1) is 14.4. The van der Waals surface area contributed by atoms with E-state index < -0.39 is 0 Å². The Hall–Kier alpha value is -1.58. The van der Waals surface area contributed by atoms with E-state index in [1.54, 1.807) is 14.2 Å². The SMILES string of the molecule is COc1cc(N)c(N(C)CC2CC3CCC2C3)cc1OC. The van der Waals surface area contributed by atoms with Gasteiger partial charge in [0.2, 0.25) is 0 Å². The zero-order valence-corrected chi connectivity index (χ0v) is 13.3. The molecular weight excluding hydrogens is 264 g/mol. The third-order valence-electron chi connectivity index (χ3n) is 5.34. The van der Waals surface area contributed by atoms with Crippen molar-refractivity contribution in [3.05, 3.63) is 12.1 Å². The van der Waals surface area contributed by atoms with Crippen LogP contribution in [0.15, 0.2) is 12.1 Å². The second-order valence-corrected chi connectivity index (χ2v) is 6.58. The van der Waals surface area contributed by atoms with Crippen molar-refractivity contribution in [3.8, 4) is 11.5 Å². The van der Waals surface area contributed by atoms with Crippen LogP contribution in [0.3, 0.4) is 0 Å². The van der Waals surface area contributed by atoms with Gasteiger partial charge in [0, 0.05) is 25.7 Å². The smallest absolute Gasteiger partial charge is 0.162 e. The lowest BCUT2D eigenvalue weighted by Crippen LogP contribution is -2.29. The van der Waals surface area contributed by atoms with Crippen LogP contribution in [0.2, 0.25) is 0 Å². The molecule has 0 radical (unpaired) electrons. The fourth-order valence-corrected chi connectivity index (χ4v) is 4.26. The number of nitrogen functional groups attached to an aromatic ring is 1. The fourth-order valence-electron chi connectivity index (χ4n) is 4.26. The van der Waals surface area contributed by atoms with Gasteiger partial charge in [0.05, 0.1) is 25.6 Å². The van der Waals surface area contributed by atoms with Crippen molar-refractivity contribution >= 4 is 11.4 Å². The molecule has 1 aromatic carbocycles. The average molecular weight is 290 g/mol. The maximum Gasteiger partial charge on any atom is 0.162 e. The minimum Gasteiger partial charge on any atom is -0.493 e. The monoisotopic (exact) mass is 290 g/mol. The number of hydrogen-bond donors (Lipinski definition) is 1. The Kier molecular flexibility index (Phi) is 3.87. The van der Waals surface area contributed by atoms with Crippen molar-refractivity contribution in [1.29, 1.82) is 0 Å². The molecule has 2 aliphatic carbocycles. The predicted molar refractivity (Wildman–Crippen MR) is 86.2 cm³/mol. The first-order valence-electron chi connectivity index (χ1n) is 7.85. The predicted octanol–water partition coefficient (Wildman–Crippen LogP) is 3.16. The van der Waals surface area contributed by atoms with Crippen LogP contribution in [0.25, 0.3) is 0 Å². The summed E-state index contributed by atoms with van der Waals surface area (Å²) < 4.78 is 10.7. The molecule has 3 rings (SSSR count). The molecule has 2 fully saturated rings. The third-order valence-corrected chi connectivity index (χ3v) is 5.34. The minimum atomic E-state index is 0.687. The standard InChI is InChI=1S/C17H26N2O2/c1-19(10-13-7-11-4-5-12(13)6-11)15-9-17(21-3)16(20-2)8-14(15)18/h8-9,11-13H,4-7,10,18H2,1-3H3. The Morgan fingerprint density at radius 1 is 1.14 bits per heavy atom. The quantitative estimate of drug-likeness (QED) is 0.846. The highest BCUT2D eigenvalue weighted by atomic mass is 16.5. The minimum absolute atomic E-state index is 0.687. The third kappa shape index (κ3) is 2.63. The van der Waals surface area contributed by atoms with Crippen molar-refractivity contribution in [2.75, 3.05) is 38.4 Å². The summed E-state index contributed by atoms with van der Waals surface area (Å²) in [5.74, 6) is 4.16. The van der Waals surface area contributed by atoms with E-state index in [2.05, 4.69) is 11.9 Å². The van der Waals surface area contributed by atoms with Gasteiger partial charge in [-0.25, -0.2) is 0 Å². The second-order valence-electron chi connectivity index (χ2n) is 6.58. The lowest BCUT2D eigenvalue weighted by molar-refractivity contribution is 0.337.